The van der Waals surface area contributed by atoms with E-state index in [0.29, 0.717) is 29.4 Å². The normalized spacial score (nSPS) is 11.7. The summed E-state index contributed by atoms with van der Waals surface area (Å²) in [7, 11) is 3.14. The van der Waals surface area contributed by atoms with Gasteiger partial charge in [-0.2, -0.15) is 11.8 Å². The van der Waals surface area contributed by atoms with Crippen molar-refractivity contribution >= 4 is 35.0 Å². The van der Waals surface area contributed by atoms with Crippen LogP contribution in [0.15, 0.2) is 23.6 Å². The molecule has 0 aliphatic heterocycles. The number of benzene rings is 1. The highest BCUT2D eigenvalue weighted by molar-refractivity contribution is 7.98. The van der Waals surface area contributed by atoms with Gasteiger partial charge in [-0.3, -0.25) is 4.79 Å². The third kappa shape index (κ3) is 5.86. The fourth-order valence-electron chi connectivity index (χ4n) is 2.39. The first-order valence-corrected chi connectivity index (χ1v) is 10.4. The van der Waals surface area contributed by atoms with E-state index in [-0.39, 0.29) is 12.3 Å². The standard InChI is InChI=1S/C18H22N2O5S2/c1-24-14-5-4-11(8-15(14)25-2)17-19-12(10-27-17)9-16(21)20-13(18(22)23)6-7-26-3/h4-5,8,10,13H,6-7,9H2,1-3H3,(H,20,21)(H,22,23). The number of thioether (sulfide) groups is 1. The number of carboxylic acids is 1. The van der Waals surface area contributed by atoms with Gasteiger partial charge in [-0.1, -0.05) is 0 Å². The number of amides is 1. The molecular weight excluding hydrogens is 388 g/mol. The molecule has 0 fully saturated rings. The number of nitrogens with one attached hydrogen (secondary N) is 1. The van der Waals surface area contributed by atoms with E-state index >= 15 is 0 Å². The predicted octanol–water partition coefficient (Wildman–Crippen LogP) is 2.69. The first-order chi connectivity index (χ1) is 13.0. The number of carbonyl (C=O) groups is 2. The van der Waals surface area contributed by atoms with Gasteiger partial charge >= 0.3 is 5.97 Å². The zero-order valence-corrected chi connectivity index (χ0v) is 17.0. The maximum absolute atomic E-state index is 12.2. The average Bonchev–Trinajstić information content (AvgIpc) is 3.12. The van der Waals surface area contributed by atoms with Gasteiger partial charge < -0.3 is 19.9 Å². The summed E-state index contributed by atoms with van der Waals surface area (Å²) in [6, 6.07) is 4.61. The first-order valence-electron chi connectivity index (χ1n) is 8.16. The smallest absolute Gasteiger partial charge is 0.326 e. The van der Waals surface area contributed by atoms with E-state index < -0.39 is 12.0 Å². The van der Waals surface area contributed by atoms with E-state index in [1.165, 1.54) is 11.3 Å². The number of nitrogens with zero attached hydrogens (tertiary/aromatic N) is 1. The van der Waals surface area contributed by atoms with Crippen LogP contribution in [0.4, 0.5) is 0 Å². The minimum Gasteiger partial charge on any atom is -0.493 e. The summed E-state index contributed by atoms with van der Waals surface area (Å²) in [5, 5.41) is 14.3. The summed E-state index contributed by atoms with van der Waals surface area (Å²) >= 11 is 2.95. The van der Waals surface area contributed by atoms with Gasteiger partial charge in [0.1, 0.15) is 11.0 Å². The van der Waals surface area contributed by atoms with Crippen molar-refractivity contribution in [2.75, 3.05) is 26.2 Å². The number of carbonyl (C=O) groups excluding carboxylic acids is 1. The predicted molar refractivity (Wildman–Crippen MR) is 107 cm³/mol. The Balaban J connectivity index is 2.05. The summed E-state index contributed by atoms with van der Waals surface area (Å²) in [6.45, 7) is 0. The molecule has 1 amide bonds. The highest BCUT2D eigenvalue weighted by Gasteiger charge is 2.20. The van der Waals surface area contributed by atoms with Crippen molar-refractivity contribution in [2.24, 2.45) is 0 Å². The van der Waals surface area contributed by atoms with Gasteiger partial charge in [0.25, 0.3) is 0 Å². The van der Waals surface area contributed by atoms with E-state index in [0.717, 1.165) is 10.6 Å². The zero-order valence-electron chi connectivity index (χ0n) is 15.4. The fourth-order valence-corrected chi connectivity index (χ4v) is 3.68. The third-order valence-corrected chi connectivity index (χ3v) is 5.35. The van der Waals surface area contributed by atoms with Crippen molar-refractivity contribution in [3.8, 4) is 22.1 Å². The lowest BCUT2D eigenvalue weighted by Gasteiger charge is -2.13. The number of thiazole rings is 1. The number of aromatic nitrogens is 1. The van der Waals surface area contributed by atoms with Crippen LogP contribution in [0.1, 0.15) is 12.1 Å². The molecule has 2 rings (SSSR count). The Morgan fingerprint density at radius 2 is 2.04 bits per heavy atom. The Hall–Kier alpha value is -2.26. The van der Waals surface area contributed by atoms with Gasteiger partial charge in [0.2, 0.25) is 5.91 Å². The van der Waals surface area contributed by atoms with Crippen molar-refractivity contribution in [3.05, 3.63) is 29.3 Å². The Kier molecular flexibility index (Phi) is 7.93. The summed E-state index contributed by atoms with van der Waals surface area (Å²) in [5.41, 5.74) is 1.45. The number of carboxylic acid groups (broad SMARTS) is 1. The third-order valence-electron chi connectivity index (χ3n) is 3.77. The number of aliphatic carboxylic acids is 1. The zero-order chi connectivity index (χ0) is 19.8. The summed E-state index contributed by atoms with van der Waals surface area (Å²) in [6.07, 6.45) is 2.31. The summed E-state index contributed by atoms with van der Waals surface area (Å²) in [4.78, 5) is 27.9. The molecule has 146 valence electrons. The molecule has 1 aromatic heterocycles. The molecule has 0 spiro atoms. The highest BCUT2D eigenvalue weighted by Crippen LogP contribution is 2.33. The second-order valence-corrected chi connectivity index (χ2v) is 7.47. The Morgan fingerprint density at radius 1 is 1.30 bits per heavy atom. The minimum atomic E-state index is -1.03. The molecule has 1 heterocycles. The number of hydrogen-bond acceptors (Lipinski definition) is 7. The maximum Gasteiger partial charge on any atom is 0.326 e. The fraction of sp³-hybridized carbons (Fsp3) is 0.389. The molecule has 1 atom stereocenters. The van der Waals surface area contributed by atoms with Gasteiger partial charge in [0.05, 0.1) is 26.3 Å². The van der Waals surface area contributed by atoms with Crippen molar-refractivity contribution in [2.45, 2.75) is 18.9 Å². The highest BCUT2D eigenvalue weighted by atomic mass is 32.2. The van der Waals surface area contributed by atoms with Crippen molar-refractivity contribution < 1.29 is 24.2 Å². The van der Waals surface area contributed by atoms with Crippen LogP contribution in [-0.2, 0) is 16.0 Å². The van der Waals surface area contributed by atoms with Crippen LogP contribution >= 0.6 is 23.1 Å². The van der Waals surface area contributed by atoms with E-state index in [4.69, 9.17) is 9.47 Å². The van der Waals surface area contributed by atoms with Crippen molar-refractivity contribution in [1.29, 1.82) is 0 Å². The van der Waals surface area contributed by atoms with Gasteiger partial charge in [-0.25, -0.2) is 9.78 Å². The van der Waals surface area contributed by atoms with Crippen LogP contribution in [0, 0.1) is 0 Å². The Bertz CT molecular complexity index is 794. The first kappa shape index (κ1) is 21.0. The molecule has 0 saturated carbocycles. The largest absolute Gasteiger partial charge is 0.493 e. The van der Waals surface area contributed by atoms with E-state index in [9.17, 15) is 14.7 Å². The SMILES string of the molecule is COc1ccc(-c2nc(CC(=O)NC(CCSC)C(=O)O)cs2)cc1OC. The van der Waals surface area contributed by atoms with Crippen LogP contribution in [0.5, 0.6) is 11.5 Å². The molecule has 7 nitrogen and oxygen atoms in total. The monoisotopic (exact) mass is 410 g/mol. The molecular formula is C18H22N2O5S2. The van der Waals surface area contributed by atoms with Gasteiger partial charge in [-0.15, -0.1) is 11.3 Å². The molecule has 0 saturated heterocycles. The van der Waals surface area contributed by atoms with E-state index in [1.807, 2.05) is 18.4 Å². The Morgan fingerprint density at radius 3 is 2.67 bits per heavy atom. The lowest BCUT2D eigenvalue weighted by Crippen LogP contribution is -2.41. The molecule has 0 radical (unpaired) electrons. The number of rotatable bonds is 10. The Labute approximate surface area is 166 Å². The lowest BCUT2D eigenvalue weighted by atomic mass is 10.2. The summed E-state index contributed by atoms with van der Waals surface area (Å²) in [5.74, 6) is 0.511. The van der Waals surface area contributed by atoms with Crippen LogP contribution in [0.25, 0.3) is 10.6 Å². The number of hydrogen-bond donors (Lipinski definition) is 2. The minimum absolute atomic E-state index is 0.0346. The topological polar surface area (TPSA) is 97.8 Å². The van der Waals surface area contributed by atoms with Gasteiger partial charge in [0, 0.05) is 10.9 Å². The van der Waals surface area contributed by atoms with Gasteiger partial charge in [0.15, 0.2) is 11.5 Å². The van der Waals surface area contributed by atoms with E-state index in [2.05, 4.69) is 10.3 Å². The van der Waals surface area contributed by atoms with Crippen molar-refractivity contribution in [3.63, 3.8) is 0 Å². The second-order valence-electron chi connectivity index (χ2n) is 5.63. The summed E-state index contributed by atoms with van der Waals surface area (Å²) < 4.78 is 10.5. The van der Waals surface area contributed by atoms with E-state index in [1.54, 1.807) is 37.4 Å². The maximum atomic E-state index is 12.2. The van der Waals surface area contributed by atoms with Crippen LogP contribution in [-0.4, -0.2) is 54.2 Å². The number of ether oxygens (including phenoxy) is 2. The molecule has 0 aliphatic carbocycles. The number of methoxy groups -OCH3 is 2. The molecule has 0 aliphatic rings. The second kappa shape index (κ2) is 10.2. The molecule has 9 heteroatoms. The van der Waals surface area contributed by atoms with Crippen LogP contribution in [0.2, 0.25) is 0 Å². The molecule has 1 aromatic carbocycles. The van der Waals surface area contributed by atoms with Crippen LogP contribution < -0.4 is 14.8 Å². The molecule has 27 heavy (non-hydrogen) atoms. The van der Waals surface area contributed by atoms with Crippen molar-refractivity contribution in [1.82, 2.24) is 10.3 Å². The lowest BCUT2D eigenvalue weighted by molar-refractivity contribution is -0.141. The van der Waals surface area contributed by atoms with Gasteiger partial charge in [-0.05, 0) is 36.6 Å². The quantitative estimate of drug-likeness (QED) is 0.621. The molecule has 2 aromatic rings. The average molecular weight is 411 g/mol. The molecule has 1 unspecified atom stereocenters. The van der Waals surface area contributed by atoms with Crippen LogP contribution in [0.3, 0.4) is 0 Å². The molecule has 0 bridgehead atoms. The molecule has 2 N–H and O–H groups in total.